The van der Waals surface area contributed by atoms with E-state index in [0.29, 0.717) is 4.88 Å². The molecule has 0 aliphatic rings. The summed E-state index contributed by atoms with van der Waals surface area (Å²) in [5.41, 5.74) is 0. The second kappa shape index (κ2) is 3.92. The zero-order chi connectivity index (χ0) is 11.0. The number of halogens is 1. The van der Waals surface area contributed by atoms with Gasteiger partial charge in [0.25, 0.3) is 0 Å². The molecule has 1 aromatic heterocycles. The van der Waals surface area contributed by atoms with Crippen molar-refractivity contribution in [3.8, 4) is 0 Å². The van der Waals surface area contributed by atoms with Crippen molar-refractivity contribution in [3.05, 3.63) is 33.6 Å². The minimum atomic E-state index is -1.43. The highest BCUT2D eigenvalue weighted by molar-refractivity contribution is 9.10. The van der Waals surface area contributed by atoms with E-state index in [9.17, 15) is 9.90 Å². The summed E-state index contributed by atoms with van der Waals surface area (Å²) >= 11 is 4.62. The molecule has 1 heterocycles. The zero-order valence-electron chi connectivity index (χ0n) is 7.48. The minimum Gasteiger partial charge on any atom is -0.479 e. The lowest BCUT2D eigenvalue weighted by Gasteiger charge is -1.99. The van der Waals surface area contributed by atoms with Gasteiger partial charge in [-0.2, -0.15) is 0 Å². The molecule has 0 spiro atoms. The van der Waals surface area contributed by atoms with Crippen molar-refractivity contribution in [3.63, 3.8) is 0 Å². The van der Waals surface area contributed by atoms with Crippen LogP contribution >= 0.6 is 27.3 Å². The Labute approximate surface area is 98.1 Å². The van der Waals surface area contributed by atoms with Crippen molar-refractivity contribution < 1.29 is 15.0 Å². The van der Waals surface area contributed by atoms with Crippen LogP contribution in [0, 0.1) is 0 Å². The highest BCUT2D eigenvalue weighted by atomic mass is 79.9. The average molecular weight is 287 g/mol. The SMILES string of the molecule is O=C(O)C(O)c1cc2ccc(Br)cc2s1. The maximum Gasteiger partial charge on any atom is 0.338 e. The summed E-state index contributed by atoms with van der Waals surface area (Å²) in [6.07, 6.45) is -1.43. The van der Waals surface area contributed by atoms with Gasteiger partial charge >= 0.3 is 5.97 Å². The molecule has 0 aliphatic heterocycles. The summed E-state index contributed by atoms with van der Waals surface area (Å²) in [6, 6.07) is 7.36. The molecule has 0 bridgehead atoms. The summed E-state index contributed by atoms with van der Waals surface area (Å²) in [4.78, 5) is 11.0. The van der Waals surface area contributed by atoms with Crippen LogP contribution in [0.15, 0.2) is 28.7 Å². The molecule has 78 valence electrons. The Hall–Kier alpha value is -0.910. The maximum absolute atomic E-state index is 10.6. The molecule has 0 saturated heterocycles. The Balaban J connectivity index is 2.51. The number of carbonyl (C=O) groups is 1. The van der Waals surface area contributed by atoms with Gasteiger partial charge in [-0.1, -0.05) is 22.0 Å². The Kier molecular flexibility index (Phi) is 2.77. The highest BCUT2D eigenvalue weighted by Gasteiger charge is 2.18. The summed E-state index contributed by atoms with van der Waals surface area (Å²) in [5.74, 6) is -1.22. The van der Waals surface area contributed by atoms with E-state index < -0.39 is 12.1 Å². The lowest BCUT2D eigenvalue weighted by atomic mass is 10.2. The lowest BCUT2D eigenvalue weighted by Crippen LogP contribution is -2.08. The third-order valence-corrected chi connectivity index (χ3v) is 3.65. The smallest absolute Gasteiger partial charge is 0.338 e. The number of rotatable bonds is 2. The maximum atomic E-state index is 10.6. The van der Waals surface area contributed by atoms with E-state index in [1.165, 1.54) is 11.3 Å². The fourth-order valence-electron chi connectivity index (χ4n) is 1.28. The number of aliphatic hydroxyl groups is 1. The van der Waals surface area contributed by atoms with Crippen molar-refractivity contribution >= 4 is 43.3 Å². The van der Waals surface area contributed by atoms with Crippen molar-refractivity contribution in [1.29, 1.82) is 0 Å². The number of thiophene rings is 1. The first-order valence-electron chi connectivity index (χ1n) is 4.18. The first-order chi connectivity index (χ1) is 7.08. The number of hydrogen-bond donors (Lipinski definition) is 2. The van der Waals surface area contributed by atoms with Crippen molar-refractivity contribution in [2.45, 2.75) is 6.10 Å². The number of carboxylic acids is 1. The van der Waals surface area contributed by atoms with Crippen LogP contribution in [0.4, 0.5) is 0 Å². The Bertz CT molecular complexity index is 520. The van der Waals surface area contributed by atoms with Gasteiger partial charge in [0.15, 0.2) is 6.10 Å². The highest BCUT2D eigenvalue weighted by Crippen LogP contribution is 2.31. The van der Waals surface area contributed by atoms with Gasteiger partial charge in [-0.3, -0.25) is 0 Å². The third kappa shape index (κ3) is 2.04. The number of hydrogen-bond acceptors (Lipinski definition) is 3. The molecule has 0 radical (unpaired) electrons. The van der Waals surface area contributed by atoms with Crippen LogP contribution in [-0.4, -0.2) is 16.2 Å². The average Bonchev–Trinajstić information content (AvgIpc) is 2.58. The standard InChI is InChI=1S/C10H7BrO3S/c11-6-2-1-5-3-8(9(12)10(13)14)15-7(5)4-6/h1-4,9,12H,(H,13,14). The molecule has 2 aromatic rings. The van der Waals surface area contributed by atoms with Crippen LogP contribution in [0.3, 0.4) is 0 Å². The number of carboxylic acid groups (broad SMARTS) is 1. The molecule has 0 fully saturated rings. The molecule has 5 heteroatoms. The predicted octanol–water partition coefficient (Wildman–Crippen LogP) is 2.78. The van der Waals surface area contributed by atoms with Crippen LogP contribution in [0.1, 0.15) is 11.0 Å². The van der Waals surface area contributed by atoms with Crippen LogP contribution in [0.2, 0.25) is 0 Å². The fourth-order valence-corrected chi connectivity index (χ4v) is 2.88. The van der Waals surface area contributed by atoms with Gasteiger partial charge in [-0.05, 0) is 23.6 Å². The van der Waals surface area contributed by atoms with E-state index in [2.05, 4.69) is 15.9 Å². The van der Waals surface area contributed by atoms with Crippen LogP contribution in [0.25, 0.3) is 10.1 Å². The van der Waals surface area contributed by atoms with Gasteiger partial charge in [0.05, 0.1) is 0 Å². The number of benzene rings is 1. The van der Waals surface area contributed by atoms with E-state index in [1.54, 1.807) is 6.07 Å². The molecule has 1 aromatic carbocycles. The molecule has 3 nitrogen and oxygen atoms in total. The number of fused-ring (bicyclic) bond motifs is 1. The Morgan fingerprint density at radius 3 is 2.80 bits per heavy atom. The van der Waals surface area contributed by atoms with Gasteiger partial charge < -0.3 is 10.2 Å². The lowest BCUT2D eigenvalue weighted by molar-refractivity contribution is -0.146. The predicted molar refractivity (Wildman–Crippen MR) is 62.1 cm³/mol. The summed E-state index contributed by atoms with van der Waals surface area (Å²) in [6.45, 7) is 0. The van der Waals surface area contributed by atoms with Gasteiger partial charge in [0.1, 0.15) is 0 Å². The molecule has 1 unspecified atom stereocenters. The normalized spacial score (nSPS) is 12.9. The van der Waals surface area contributed by atoms with Crippen LogP contribution in [0.5, 0.6) is 0 Å². The Morgan fingerprint density at radius 2 is 2.13 bits per heavy atom. The van der Waals surface area contributed by atoms with Crippen LogP contribution in [-0.2, 0) is 4.79 Å². The first kappa shape index (κ1) is 10.6. The van der Waals surface area contributed by atoms with Crippen molar-refractivity contribution in [2.75, 3.05) is 0 Å². The molecule has 1 atom stereocenters. The molecule has 2 rings (SSSR count). The molecular formula is C10H7BrO3S. The molecule has 2 N–H and O–H groups in total. The molecule has 0 amide bonds. The quantitative estimate of drug-likeness (QED) is 0.893. The van der Waals surface area contributed by atoms with Gasteiger partial charge in [0.2, 0.25) is 0 Å². The number of aliphatic hydroxyl groups excluding tert-OH is 1. The second-order valence-corrected chi connectivity index (χ2v) is 5.10. The fraction of sp³-hybridized carbons (Fsp3) is 0.100. The summed E-state index contributed by atoms with van der Waals surface area (Å²) < 4.78 is 1.90. The van der Waals surface area contributed by atoms with Crippen molar-refractivity contribution in [2.24, 2.45) is 0 Å². The molecule has 0 aliphatic carbocycles. The van der Waals surface area contributed by atoms with Gasteiger partial charge in [-0.15, -0.1) is 11.3 Å². The second-order valence-electron chi connectivity index (χ2n) is 3.07. The van der Waals surface area contributed by atoms with Gasteiger partial charge in [-0.25, -0.2) is 4.79 Å². The van der Waals surface area contributed by atoms with Crippen LogP contribution < -0.4 is 0 Å². The van der Waals surface area contributed by atoms with E-state index in [1.807, 2.05) is 18.2 Å². The van der Waals surface area contributed by atoms with E-state index >= 15 is 0 Å². The Morgan fingerprint density at radius 1 is 1.40 bits per heavy atom. The topological polar surface area (TPSA) is 57.5 Å². The number of aliphatic carboxylic acids is 1. The van der Waals surface area contributed by atoms with E-state index in [0.717, 1.165) is 14.6 Å². The summed E-state index contributed by atoms with van der Waals surface area (Å²) in [5, 5.41) is 19.0. The molecule has 0 saturated carbocycles. The largest absolute Gasteiger partial charge is 0.479 e. The first-order valence-corrected chi connectivity index (χ1v) is 5.79. The monoisotopic (exact) mass is 286 g/mol. The van der Waals surface area contributed by atoms with Gasteiger partial charge in [0, 0.05) is 14.0 Å². The van der Waals surface area contributed by atoms with Crippen molar-refractivity contribution in [1.82, 2.24) is 0 Å². The zero-order valence-corrected chi connectivity index (χ0v) is 9.88. The molecule has 15 heavy (non-hydrogen) atoms. The van der Waals surface area contributed by atoms with E-state index in [4.69, 9.17) is 5.11 Å². The van der Waals surface area contributed by atoms with E-state index in [-0.39, 0.29) is 0 Å². The third-order valence-electron chi connectivity index (χ3n) is 2.00. The minimum absolute atomic E-state index is 0.454. The molecular weight excluding hydrogens is 280 g/mol. The summed E-state index contributed by atoms with van der Waals surface area (Å²) in [7, 11) is 0.